The van der Waals surface area contributed by atoms with E-state index in [1.165, 1.54) is 35.6 Å². The van der Waals surface area contributed by atoms with Crippen molar-refractivity contribution in [2.75, 3.05) is 10.0 Å². The predicted octanol–water partition coefficient (Wildman–Crippen LogP) is 3.97. The van der Waals surface area contributed by atoms with E-state index in [1.54, 1.807) is 32.0 Å². The third-order valence-electron chi connectivity index (χ3n) is 3.43. The van der Waals surface area contributed by atoms with Gasteiger partial charge in [0.2, 0.25) is 5.95 Å². The number of thiophene rings is 1. The first-order valence-electron chi connectivity index (χ1n) is 7.75. The van der Waals surface area contributed by atoms with E-state index in [2.05, 4.69) is 35.9 Å². The summed E-state index contributed by atoms with van der Waals surface area (Å²) in [4.78, 5) is 20.9. The minimum atomic E-state index is -3.83. The van der Waals surface area contributed by atoms with Crippen molar-refractivity contribution in [3.8, 4) is 0 Å². The molecule has 0 bridgehead atoms. The third kappa shape index (κ3) is 4.90. The molecule has 140 valence electrons. The van der Waals surface area contributed by atoms with Crippen LogP contribution < -0.4 is 10.0 Å². The van der Waals surface area contributed by atoms with Gasteiger partial charge in [-0.3, -0.25) is 4.79 Å². The van der Waals surface area contributed by atoms with Crippen LogP contribution in [0, 0.1) is 13.8 Å². The van der Waals surface area contributed by atoms with Crippen molar-refractivity contribution in [2.24, 2.45) is 0 Å². The van der Waals surface area contributed by atoms with E-state index in [0.717, 1.165) is 3.79 Å². The Morgan fingerprint density at radius 1 is 1.04 bits per heavy atom. The van der Waals surface area contributed by atoms with Gasteiger partial charge in [0.1, 0.15) is 0 Å². The summed E-state index contributed by atoms with van der Waals surface area (Å²) in [6.07, 6.45) is 0. The summed E-state index contributed by atoms with van der Waals surface area (Å²) >= 11 is 4.62. The Balaban J connectivity index is 1.74. The van der Waals surface area contributed by atoms with Gasteiger partial charge in [-0.25, -0.2) is 23.1 Å². The summed E-state index contributed by atoms with van der Waals surface area (Å²) in [6.45, 7) is 3.52. The molecule has 2 heterocycles. The Labute approximate surface area is 169 Å². The number of nitrogens with zero attached hydrogens (tertiary/aromatic N) is 2. The smallest absolute Gasteiger partial charge is 0.265 e. The summed E-state index contributed by atoms with van der Waals surface area (Å²) in [6, 6.07) is 11.1. The van der Waals surface area contributed by atoms with Crippen molar-refractivity contribution >= 4 is 54.8 Å². The SMILES string of the molecule is Cc1cc(C)nc(NS(=O)(=O)c2ccc(NC(=O)c3ccc(Br)s3)cc2)n1. The number of rotatable bonds is 5. The molecule has 27 heavy (non-hydrogen) atoms. The number of sulfonamides is 1. The fraction of sp³-hybridized carbons (Fsp3) is 0.118. The van der Waals surface area contributed by atoms with E-state index >= 15 is 0 Å². The zero-order valence-corrected chi connectivity index (χ0v) is 17.6. The molecule has 7 nitrogen and oxygen atoms in total. The van der Waals surface area contributed by atoms with Crippen LogP contribution in [0.25, 0.3) is 0 Å². The summed E-state index contributed by atoms with van der Waals surface area (Å²) < 4.78 is 28.2. The van der Waals surface area contributed by atoms with Crippen LogP contribution in [-0.2, 0) is 10.0 Å². The molecule has 0 fully saturated rings. The fourth-order valence-corrected chi connectivity index (χ4v) is 4.52. The van der Waals surface area contributed by atoms with Crippen LogP contribution in [0.1, 0.15) is 21.1 Å². The standard InChI is InChI=1S/C17H15BrN4O3S2/c1-10-9-11(2)20-17(19-10)22-27(24,25)13-5-3-12(4-6-13)21-16(23)14-7-8-15(18)26-14/h3-9H,1-2H3,(H,21,23)(H,19,20,22). The topological polar surface area (TPSA) is 101 Å². The summed E-state index contributed by atoms with van der Waals surface area (Å²) in [5, 5.41) is 2.73. The normalized spacial score (nSPS) is 11.2. The molecule has 0 radical (unpaired) electrons. The molecule has 0 aliphatic rings. The average Bonchev–Trinajstić information content (AvgIpc) is 3.00. The minimum Gasteiger partial charge on any atom is -0.321 e. The van der Waals surface area contributed by atoms with Crippen molar-refractivity contribution < 1.29 is 13.2 Å². The Morgan fingerprint density at radius 3 is 2.22 bits per heavy atom. The highest BCUT2D eigenvalue weighted by Crippen LogP contribution is 2.23. The number of nitrogens with one attached hydrogen (secondary N) is 2. The van der Waals surface area contributed by atoms with E-state index < -0.39 is 10.0 Å². The maximum atomic E-state index is 12.5. The molecule has 0 spiro atoms. The third-order valence-corrected chi connectivity index (χ3v) is 6.39. The monoisotopic (exact) mass is 466 g/mol. The van der Waals surface area contributed by atoms with Gasteiger partial charge in [-0.15, -0.1) is 11.3 Å². The lowest BCUT2D eigenvalue weighted by Gasteiger charge is -2.09. The van der Waals surface area contributed by atoms with Gasteiger partial charge in [-0.1, -0.05) is 0 Å². The van der Waals surface area contributed by atoms with E-state index in [4.69, 9.17) is 0 Å². The number of carbonyl (C=O) groups is 1. The van der Waals surface area contributed by atoms with Crippen LogP contribution in [0.4, 0.5) is 11.6 Å². The van der Waals surface area contributed by atoms with Crippen LogP contribution in [0.2, 0.25) is 0 Å². The molecule has 2 aromatic heterocycles. The number of carbonyl (C=O) groups excluding carboxylic acids is 1. The van der Waals surface area contributed by atoms with Crippen molar-refractivity contribution in [1.82, 2.24) is 9.97 Å². The van der Waals surface area contributed by atoms with Crippen molar-refractivity contribution in [2.45, 2.75) is 18.7 Å². The molecular formula is C17H15BrN4O3S2. The lowest BCUT2D eigenvalue weighted by molar-refractivity contribution is 0.103. The van der Waals surface area contributed by atoms with Gasteiger partial charge in [-0.05, 0) is 72.2 Å². The Hall–Kier alpha value is -2.30. The van der Waals surface area contributed by atoms with E-state index in [0.29, 0.717) is 22.0 Å². The highest BCUT2D eigenvalue weighted by Gasteiger charge is 2.16. The highest BCUT2D eigenvalue weighted by molar-refractivity contribution is 9.11. The molecule has 2 N–H and O–H groups in total. The number of benzene rings is 1. The minimum absolute atomic E-state index is 0.0214. The van der Waals surface area contributed by atoms with Crippen LogP contribution >= 0.6 is 27.3 Å². The molecule has 3 rings (SSSR count). The van der Waals surface area contributed by atoms with Crippen LogP contribution in [0.3, 0.4) is 0 Å². The first-order chi connectivity index (χ1) is 12.7. The van der Waals surface area contributed by atoms with Gasteiger partial charge in [0.25, 0.3) is 15.9 Å². The molecule has 0 atom stereocenters. The molecule has 0 saturated heterocycles. The molecule has 1 amide bonds. The highest BCUT2D eigenvalue weighted by atomic mass is 79.9. The van der Waals surface area contributed by atoms with Gasteiger partial charge in [0.05, 0.1) is 13.6 Å². The van der Waals surface area contributed by atoms with Gasteiger partial charge < -0.3 is 5.32 Å². The number of halogens is 1. The second kappa shape index (κ2) is 7.75. The number of aryl methyl sites for hydroxylation is 2. The Morgan fingerprint density at radius 2 is 1.67 bits per heavy atom. The molecule has 0 unspecified atom stereocenters. The Bertz CT molecular complexity index is 1080. The van der Waals surface area contributed by atoms with Crippen molar-refractivity contribution in [3.05, 3.63) is 62.5 Å². The summed E-state index contributed by atoms with van der Waals surface area (Å²) in [7, 11) is -3.83. The van der Waals surface area contributed by atoms with Crippen LogP contribution in [0.5, 0.6) is 0 Å². The molecule has 1 aromatic carbocycles. The molecule has 0 saturated carbocycles. The largest absolute Gasteiger partial charge is 0.321 e. The molecular weight excluding hydrogens is 452 g/mol. The zero-order chi connectivity index (χ0) is 19.6. The number of aromatic nitrogens is 2. The maximum absolute atomic E-state index is 12.5. The van der Waals surface area contributed by atoms with Crippen molar-refractivity contribution in [3.63, 3.8) is 0 Å². The molecule has 3 aromatic rings. The number of anilines is 2. The lowest BCUT2D eigenvalue weighted by atomic mass is 10.3. The summed E-state index contributed by atoms with van der Waals surface area (Å²) in [5.74, 6) is -0.240. The van der Waals surface area contributed by atoms with Gasteiger partial charge in [0, 0.05) is 17.1 Å². The zero-order valence-electron chi connectivity index (χ0n) is 14.4. The van der Waals surface area contributed by atoms with Crippen LogP contribution in [-0.4, -0.2) is 24.3 Å². The van der Waals surface area contributed by atoms with Crippen molar-refractivity contribution in [1.29, 1.82) is 0 Å². The maximum Gasteiger partial charge on any atom is 0.265 e. The van der Waals surface area contributed by atoms with E-state index in [9.17, 15) is 13.2 Å². The second-order valence-electron chi connectivity index (χ2n) is 5.66. The Kier molecular flexibility index (Phi) is 5.59. The molecule has 10 heteroatoms. The van der Waals surface area contributed by atoms with Gasteiger partial charge >= 0.3 is 0 Å². The van der Waals surface area contributed by atoms with E-state index in [-0.39, 0.29) is 16.8 Å². The number of amides is 1. The molecule has 0 aliphatic carbocycles. The lowest BCUT2D eigenvalue weighted by Crippen LogP contribution is -2.16. The summed E-state index contributed by atoms with van der Waals surface area (Å²) in [5.41, 5.74) is 1.82. The molecule has 0 aliphatic heterocycles. The fourth-order valence-electron chi connectivity index (χ4n) is 2.30. The first-order valence-corrected chi connectivity index (χ1v) is 10.8. The predicted molar refractivity (Wildman–Crippen MR) is 109 cm³/mol. The number of hydrogen-bond donors (Lipinski definition) is 2. The quantitative estimate of drug-likeness (QED) is 0.592. The first kappa shape index (κ1) is 19.5. The average molecular weight is 467 g/mol. The second-order valence-corrected chi connectivity index (χ2v) is 9.81. The van der Waals surface area contributed by atoms with Gasteiger partial charge in [-0.2, -0.15) is 0 Å². The van der Waals surface area contributed by atoms with Gasteiger partial charge in [0.15, 0.2) is 0 Å². The van der Waals surface area contributed by atoms with E-state index in [1.807, 2.05) is 0 Å². The van der Waals surface area contributed by atoms with Crippen LogP contribution in [0.15, 0.2) is 51.1 Å². The number of hydrogen-bond acceptors (Lipinski definition) is 6.